The zero-order valence-electron chi connectivity index (χ0n) is 20.8. The number of fused-ring (bicyclic) bond motifs is 1. The van der Waals surface area contributed by atoms with E-state index in [1.165, 1.54) is 25.6 Å². The molecule has 2 heterocycles. The molecule has 0 spiro atoms. The Hall–Kier alpha value is -1.39. The molecule has 2 aliphatic heterocycles. The van der Waals surface area contributed by atoms with E-state index in [0.717, 1.165) is 4.90 Å². The van der Waals surface area contributed by atoms with Crippen LogP contribution in [0.5, 0.6) is 0 Å². The first-order valence-electron chi connectivity index (χ1n) is 11.4. The largest absolute Gasteiger partial charge is 0.457 e. The molecule has 1 N–H and O–H groups in total. The predicted octanol–water partition coefficient (Wildman–Crippen LogP) is 4.40. The number of esters is 1. The normalized spacial score (nSPS) is 29.6. The van der Waals surface area contributed by atoms with Crippen molar-refractivity contribution in [3.8, 4) is 0 Å². The van der Waals surface area contributed by atoms with Crippen molar-refractivity contribution in [3.63, 3.8) is 0 Å². The van der Waals surface area contributed by atoms with E-state index in [9.17, 15) is 9.59 Å². The average Bonchev–Trinajstić information content (AvgIpc) is 2.68. The van der Waals surface area contributed by atoms with Gasteiger partial charge in [0.1, 0.15) is 23.7 Å². The maximum absolute atomic E-state index is 12.2. The number of hydrogen-bond donors (Lipinski definition) is 1. The van der Waals surface area contributed by atoms with Crippen LogP contribution in [0.15, 0.2) is 35.2 Å². The van der Waals surface area contributed by atoms with Crippen molar-refractivity contribution in [3.05, 3.63) is 30.3 Å². The Morgan fingerprint density at radius 3 is 2.18 bits per heavy atom. The Bertz CT molecular complexity index is 839. The van der Waals surface area contributed by atoms with E-state index in [1.54, 1.807) is 0 Å². The van der Waals surface area contributed by atoms with Crippen LogP contribution in [0.4, 0.5) is 0 Å². The Labute approximate surface area is 202 Å². The van der Waals surface area contributed by atoms with Crippen LogP contribution in [0, 0.1) is 0 Å². The standard InChI is InChI=1S/C24H37NO6SSi/c1-15(26)25-19-21(29-16(2)27)20-18(30-22(19)32-17-12-10-9-11-13-17)14-28-33(31-20,23(3,4)5)24(6,7)8/h9-13,18-22H,14H2,1-8H3,(H,25,26)/t18-,19-,20+,21-,22+/m1/s1. The van der Waals surface area contributed by atoms with Gasteiger partial charge in [0.15, 0.2) is 6.10 Å². The number of carbonyl (C=O) groups excluding carboxylic acids is 2. The number of rotatable bonds is 4. The van der Waals surface area contributed by atoms with Crippen molar-refractivity contribution < 1.29 is 27.9 Å². The van der Waals surface area contributed by atoms with Gasteiger partial charge in [0.05, 0.1) is 6.61 Å². The third kappa shape index (κ3) is 5.48. The number of nitrogens with one attached hydrogen (secondary N) is 1. The van der Waals surface area contributed by atoms with Crippen LogP contribution in [0.3, 0.4) is 0 Å². The molecule has 5 atom stereocenters. The molecule has 1 aromatic carbocycles. The third-order valence-electron chi connectivity index (χ3n) is 6.04. The molecule has 184 valence electrons. The second-order valence-electron chi connectivity index (χ2n) is 10.8. The van der Waals surface area contributed by atoms with Gasteiger partial charge in [0.25, 0.3) is 0 Å². The number of thioether (sulfide) groups is 1. The van der Waals surface area contributed by atoms with Gasteiger partial charge in [-0.25, -0.2) is 0 Å². The van der Waals surface area contributed by atoms with Crippen molar-refractivity contribution in [2.24, 2.45) is 0 Å². The molecule has 1 aromatic rings. The molecule has 1 amide bonds. The van der Waals surface area contributed by atoms with E-state index >= 15 is 0 Å². The van der Waals surface area contributed by atoms with Crippen LogP contribution in [0.1, 0.15) is 55.4 Å². The first-order valence-corrected chi connectivity index (χ1v) is 14.1. The van der Waals surface area contributed by atoms with E-state index in [2.05, 4.69) is 46.9 Å². The summed E-state index contributed by atoms with van der Waals surface area (Å²) >= 11 is 1.48. The zero-order valence-corrected chi connectivity index (χ0v) is 22.7. The van der Waals surface area contributed by atoms with Crippen LogP contribution in [0.2, 0.25) is 10.1 Å². The van der Waals surface area contributed by atoms with Gasteiger partial charge in [-0.3, -0.25) is 9.59 Å². The van der Waals surface area contributed by atoms with Gasteiger partial charge in [-0.05, 0) is 12.1 Å². The molecule has 33 heavy (non-hydrogen) atoms. The Morgan fingerprint density at radius 1 is 1.06 bits per heavy atom. The topological polar surface area (TPSA) is 83.1 Å². The Balaban J connectivity index is 2.01. The first-order chi connectivity index (χ1) is 15.2. The summed E-state index contributed by atoms with van der Waals surface area (Å²) in [5.41, 5.74) is -0.479. The summed E-state index contributed by atoms with van der Waals surface area (Å²) in [5.74, 6) is -0.645. The second kappa shape index (κ2) is 9.69. The summed E-state index contributed by atoms with van der Waals surface area (Å²) < 4.78 is 25.8. The maximum Gasteiger partial charge on any atom is 0.349 e. The van der Waals surface area contributed by atoms with E-state index in [1.807, 2.05) is 30.3 Å². The smallest absolute Gasteiger partial charge is 0.349 e. The van der Waals surface area contributed by atoms with Crippen LogP contribution >= 0.6 is 11.8 Å². The fraction of sp³-hybridized carbons (Fsp3) is 0.667. The molecule has 0 aromatic heterocycles. The number of amides is 1. The molecule has 0 unspecified atom stereocenters. The summed E-state index contributed by atoms with van der Waals surface area (Å²) in [6, 6.07) is 9.23. The molecule has 0 radical (unpaired) electrons. The van der Waals surface area contributed by atoms with Gasteiger partial charge < -0.3 is 23.6 Å². The molecular formula is C24H37NO6SSi. The molecule has 9 heteroatoms. The van der Waals surface area contributed by atoms with Crippen molar-refractivity contribution in [2.45, 2.75) is 100 Å². The summed E-state index contributed by atoms with van der Waals surface area (Å²) in [4.78, 5) is 25.3. The Morgan fingerprint density at radius 2 is 1.67 bits per heavy atom. The minimum Gasteiger partial charge on any atom is -0.457 e. The number of carbonyl (C=O) groups is 2. The van der Waals surface area contributed by atoms with E-state index in [-0.39, 0.29) is 16.0 Å². The summed E-state index contributed by atoms with van der Waals surface area (Å²) in [6.45, 7) is 16.0. The maximum atomic E-state index is 12.2. The molecule has 2 saturated heterocycles. The highest BCUT2D eigenvalue weighted by Gasteiger charge is 2.65. The lowest BCUT2D eigenvalue weighted by Crippen LogP contribution is -2.73. The number of benzene rings is 1. The van der Waals surface area contributed by atoms with Crippen molar-refractivity contribution in [2.75, 3.05) is 6.61 Å². The van der Waals surface area contributed by atoms with Gasteiger partial charge in [-0.2, -0.15) is 0 Å². The van der Waals surface area contributed by atoms with Gasteiger partial charge in [-0.1, -0.05) is 71.5 Å². The minimum absolute atomic E-state index is 0.222. The summed E-state index contributed by atoms with van der Waals surface area (Å²) in [6.07, 6.45) is -1.67. The average molecular weight is 496 g/mol. The summed E-state index contributed by atoms with van der Waals surface area (Å²) in [7, 11) is -2.84. The third-order valence-corrected chi connectivity index (χ3v) is 12.3. The van der Waals surface area contributed by atoms with Gasteiger partial charge >= 0.3 is 14.5 Å². The van der Waals surface area contributed by atoms with E-state index in [4.69, 9.17) is 18.3 Å². The van der Waals surface area contributed by atoms with Gasteiger partial charge in [0.2, 0.25) is 5.91 Å². The second-order valence-corrected chi connectivity index (χ2v) is 16.7. The van der Waals surface area contributed by atoms with Crippen LogP contribution in [-0.4, -0.2) is 56.8 Å². The number of hydrogen-bond acceptors (Lipinski definition) is 7. The minimum atomic E-state index is -2.84. The van der Waals surface area contributed by atoms with Crippen molar-refractivity contribution in [1.29, 1.82) is 0 Å². The molecule has 2 aliphatic rings. The molecule has 0 bridgehead atoms. The number of ether oxygens (including phenoxy) is 2. The predicted molar refractivity (Wildman–Crippen MR) is 130 cm³/mol. The lowest BCUT2D eigenvalue weighted by atomic mass is 9.97. The first kappa shape index (κ1) is 26.2. The highest BCUT2D eigenvalue weighted by atomic mass is 32.2. The highest BCUT2D eigenvalue weighted by Crippen LogP contribution is 2.55. The quantitative estimate of drug-likeness (QED) is 0.490. The van der Waals surface area contributed by atoms with E-state index < -0.39 is 44.3 Å². The monoisotopic (exact) mass is 495 g/mol. The zero-order chi connectivity index (χ0) is 24.6. The lowest BCUT2D eigenvalue weighted by Gasteiger charge is -2.58. The van der Waals surface area contributed by atoms with Gasteiger partial charge in [-0.15, -0.1) is 0 Å². The van der Waals surface area contributed by atoms with Crippen LogP contribution in [-0.2, 0) is 27.9 Å². The molecule has 2 fully saturated rings. The highest BCUT2D eigenvalue weighted by molar-refractivity contribution is 7.99. The van der Waals surface area contributed by atoms with Crippen LogP contribution in [0.25, 0.3) is 0 Å². The molecule has 0 aliphatic carbocycles. The van der Waals surface area contributed by atoms with E-state index in [0.29, 0.717) is 6.61 Å². The molecular weight excluding hydrogens is 458 g/mol. The summed E-state index contributed by atoms with van der Waals surface area (Å²) in [5, 5.41) is 2.50. The molecule has 3 rings (SSSR count). The van der Waals surface area contributed by atoms with Crippen LogP contribution < -0.4 is 5.32 Å². The SMILES string of the molecule is CC(=O)N[C@@H]1[C@@H](OC(C)=O)[C@H]2O[Si](C(C)(C)C)(C(C)(C)C)OC[C@H]2O[C@H]1Sc1ccccc1. The fourth-order valence-corrected chi connectivity index (χ4v) is 11.1. The van der Waals surface area contributed by atoms with Crippen molar-refractivity contribution in [1.82, 2.24) is 5.32 Å². The lowest BCUT2D eigenvalue weighted by molar-refractivity contribution is -0.209. The fourth-order valence-electron chi connectivity index (χ4n) is 4.97. The van der Waals surface area contributed by atoms with Gasteiger partial charge in [0, 0.05) is 28.8 Å². The van der Waals surface area contributed by atoms with Crippen molar-refractivity contribution >= 4 is 32.2 Å². The molecule has 7 nitrogen and oxygen atoms in total. The molecule has 0 saturated carbocycles. The Kier molecular flexibility index (Phi) is 7.70.